The van der Waals surface area contributed by atoms with Crippen molar-refractivity contribution in [2.45, 2.75) is 0 Å². The van der Waals surface area contributed by atoms with Crippen molar-refractivity contribution in [3.8, 4) is 17.2 Å². The summed E-state index contributed by atoms with van der Waals surface area (Å²) < 4.78 is 3.16. The molecule has 0 aliphatic rings. The van der Waals surface area contributed by atoms with Crippen LogP contribution in [0, 0.1) is 0 Å². The second-order valence-corrected chi connectivity index (χ2v) is 5.90. The number of para-hydroxylation sites is 1. The Morgan fingerprint density at radius 3 is 2.32 bits per heavy atom. The average Bonchev–Trinajstić information content (AvgIpc) is 2.96. The van der Waals surface area contributed by atoms with Crippen LogP contribution in [0.15, 0.2) is 77.5 Å². The number of rotatable bonds is 2. The van der Waals surface area contributed by atoms with Gasteiger partial charge in [-0.15, -0.1) is 0 Å². The van der Waals surface area contributed by atoms with Crippen LogP contribution in [-0.2, 0) is 0 Å². The molecule has 0 aliphatic carbocycles. The summed E-state index contributed by atoms with van der Waals surface area (Å²) in [5.41, 5.74) is 3.32. The lowest BCUT2D eigenvalue weighted by molar-refractivity contribution is 0.968. The van der Waals surface area contributed by atoms with Gasteiger partial charge in [0.05, 0.1) is 11.2 Å². The first-order valence-corrected chi connectivity index (χ1v) is 7.76. The first-order valence-electron chi connectivity index (χ1n) is 6.97. The van der Waals surface area contributed by atoms with Gasteiger partial charge in [-0.1, -0.05) is 46.3 Å². The highest BCUT2D eigenvalue weighted by molar-refractivity contribution is 9.10. The van der Waals surface area contributed by atoms with Crippen molar-refractivity contribution in [1.82, 2.24) is 14.5 Å². The number of aromatic nitrogens is 3. The zero-order chi connectivity index (χ0) is 14.9. The largest absolute Gasteiger partial charge is 0.278 e. The smallest absolute Gasteiger partial charge is 0.234 e. The van der Waals surface area contributed by atoms with Gasteiger partial charge in [0.1, 0.15) is 0 Å². The van der Waals surface area contributed by atoms with Crippen molar-refractivity contribution in [1.29, 1.82) is 0 Å². The predicted molar refractivity (Wildman–Crippen MR) is 92.0 cm³/mol. The molecule has 0 spiro atoms. The summed E-state index contributed by atoms with van der Waals surface area (Å²) in [6.07, 6.45) is 3.53. The summed E-state index contributed by atoms with van der Waals surface area (Å²) in [5.74, 6) is 0.682. The molecule has 2 aromatic carbocycles. The lowest BCUT2D eigenvalue weighted by Crippen LogP contribution is -2.01. The van der Waals surface area contributed by atoms with Gasteiger partial charge in [-0.25, -0.2) is 9.97 Å². The molecule has 2 heterocycles. The molecule has 0 aliphatic heterocycles. The van der Waals surface area contributed by atoms with Crippen LogP contribution in [0.5, 0.6) is 0 Å². The van der Waals surface area contributed by atoms with Crippen LogP contribution >= 0.6 is 15.9 Å². The maximum Gasteiger partial charge on any atom is 0.234 e. The maximum absolute atomic E-state index is 4.42. The standard InChI is InChI=1S/C18H12BrN3/c19-15-8-6-13(7-9-15)17-12-14-4-1-2-5-16(14)22(17)18-20-10-3-11-21-18/h1-12H. The van der Waals surface area contributed by atoms with Crippen molar-refractivity contribution in [3.63, 3.8) is 0 Å². The van der Waals surface area contributed by atoms with Gasteiger partial charge in [0.2, 0.25) is 5.95 Å². The van der Waals surface area contributed by atoms with Crippen LogP contribution < -0.4 is 0 Å². The van der Waals surface area contributed by atoms with Gasteiger partial charge in [0.15, 0.2) is 0 Å². The topological polar surface area (TPSA) is 30.7 Å². The molecule has 0 fully saturated rings. The molecule has 4 aromatic rings. The molecule has 0 radical (unpaired) electrons. The van der Waals surface area contributed by atoms with Gasteiger partial charge in [-0.2, -0.15) is 0 Å². The first-order chi connectivity index (χ1) is 10.8. The summed E-state index contributed by atoms with van der Waals surface area (Å²) in [7, 11) is 0. The highest BCUT2D eigenvalue weighted by Gasteiger charge is 2.13. The van der Waals surface area contributed by atoms with E-state index in [1.54, 1.807) is 12.4 Å². The van der Waals surface area contributed by atoms with Crippen LogP contribution in [0.25, 0.3) is 28.1 Å². The molecule has 106 valence electrons. The Bertz CT molecular complexity index is 928. The minimum absolute atomic E-state index is 0.682. The third kappa shape index (κ3) is 2.22. The van der Waals surface area contributed by atoms with E-state index in [0.717, 1.165) is 21.2 Å². The predicted octanol–water partition coefficient (Wildman–Crippen LogP) is 4.85. The molecule has 4 rings (SSSR count). The van der Waals surface area contributed by atoms with Crippen LogP contribution in [0.2, 0.25) is 0 Å². The summed E-state index contributed by atoms with van der Waals surface area (Å²) in [5, 5.41) is 1.17. The van der Waals surface area contributed by atoms with E-state index < -0.39 is 0 Å². The Hall–Kier alpha value is -2.46. The Morgan fingerprint density at radius 2 is 1.55 bits per heavy atom. The monoisotopic (exact) mass is 349 g/mol. The highest BCUT2D eigenvalue weighted by Crippen LogP contribution is 2.30. The third-order valence-electron chi connectivity index (χ3n) is 3.60. The molecular weight excluding hydrogens is 338 g/mol. The molecule has 0 atom stereocenters. The fraction of sp³-hybridized carbons (Fsp3) is 0. The van der Waals surface area contributed by atoms with Crippen molar-refractivity contribution in [2.75, 3.05) is 0 Å². The van der Waals surface area contributed by atoms with Gasteiger partial charge in [-0.05, 0) is 35.9 Å². The second-order valence-electron chi connectivity index (χ2n) is 4.98. The second kappa shape index (κ2) is 5.39. The number of hydrogen-bond donors (Lipinski definition) is 0. The lowest BCUT2D eigenvalue weighted by Gasteiger charge is -2.09. The van der Waals surface area contributed by atoms with Gasteiger partial charge in [-0.3, -0.25) is 4.57 Å². The Kier molecular flexibility index (Phi) is 3.24. The average molecular weight is 350 g/mol. The molecule has 0 saturated carbocycles. The lowest BCUT2D eigenvalue weighted by atomic mass is 10.1. The zero-order valence-corrected chi connectivity index (χ0v) is 13.2. The number of hydrogen-bond acceptors (Lipinski definition) is 2. The molecule has 2 aromatic heterocycles. The zero-order valence-electron chi connectivity index (χ0n) is 11.6. The molecule has 3 nitrogen and oxygen atoms in total. The van der Waals surface area contributed by atoms with E-state index in [9.17, 15) is 0 Å². The molecular formula is C18H12BrN3. The van der Waals surface area contributed by atoms with Crippen LogP contribution in [0.3, 0.4) is 0 Å². The van der Waals surface area contributed by atoms with Gasteiger partial charge in [0.25, 0.3) is 0 Å². The van der Waals surface area contributed by atoms with Crippen LogP contribution in [0.1, 0.15) is 0 Å². The summed E-state index contributed by atoms with van der Waals surface area (Å²) in [6, 6.07) is 20.6. The van der Waals surface area contributed by atoms with Crippen molar-refractivity contribution < 1.29 is 0 Å². The van der Waals surface area contributed by atoms with E-state index in [-0.39, 0.29) is 0 Å². The molecule has 22 heavy (non-hydrogen) atoms. The van der Waals surface area contributed by atoms with E-state index in [2.05, 4.69) is 60.8 Å². The van der Waals surface area contributed by atoms with Crippen molar-refractivity contribution >= 4 is 26.8 Å². The Labute approximate surface area is 136 Å². The fourth-order valence-electron chi connectivity index (χ4n) is 2.61. The fourth-order valence-corrected chi connectivity index (χ4v) is 2.87. The Morgan fingerprint density at radius 1 is 0.818 bits per heavy atom. The molecule has 0 unspecified atom stereocenters. The number of fused-ring (bicyclic) bond motifs is 1. The summed E-state index contributed by atoms with van der Waals surface area (Å²) in [4.78, 5) is 8.84. The summed E-state index contributed by atoms with van der Waals surface area (Å²) >= 11 is 3.48. The van der Waals surface area contributed by atoms with Crippen molar-refractivity contribution in [3.05, 3.63) is 77.5 Å². The van der Waals surface area contributed by atoms with E-state index in [0.29, 0.717) is 5.95 Å². The summed E-state index contributed by atoms with van der Waals surface area (Å²) in [6.45, 7) is 0. The molecule has 0 amide bonds. The van der Waals surface area contributed by atoms with Gasteiger partial charge >= 0.3 is 0 Å². The normalized spacial score (nSPS) is 11.0. The molecule has 0 saturated heterocycles. The van der Waals surface area contributed by atoms with E-state index in [1.807, 2.05) is 30.3 Å². The van der Waals surface area contributed by atoms with Gasteiger partial charge < -0.3 is 0 Å². The van der Waals surface area contributed by atoms with E-state index in [4.69, 9.17) is 0 Å². The number of benzene rings is 2. The van der Waals surface area contributed by atoms with E-state index >= 15 is 0 Å². The minimum atomic E-state index is 0.682. The van der Waals surface area contributed by atoms with Crippen LogP contribution in [0.4, 0.5) is 0 Å². The molecule has 0 bridgehead atoms. The quantitative estimate of drug-likeness (QED) is 0.517. The Balaban J connectivity index is 2.04. The molecule has 0 N–H and O–H groups in total. The third-order valence-corrected chi connectivity index (χ3v) is 4.13. The van der Waals surface area contributed by atoms with Crippen molar-refractivity contribution in [2.24, 2.45) is 0 Å². The SMILES string of the molecule is Brc1ccc(-c2cc3ccccc3n2-c2ncccn2)cc1. The van der Waals surface area contributed by atoms with E-state index in [1.165, 1.54) is 5.39 Å². The van der Waals surface area contributed by atoms with Gasteiger partial charge in [0, 0.05) is 22.3 Å². The minimum Gasteiger partial charge on any atom is -0.278 e. The number of nitrogens with zero attached hydrogens (tertiary/aromatic N) is 3. The van der Waals surface area contributed by atoms with Crippen LogP contribution in [-0.4, -0.2) is 14.5 Å². The molecule has 4 heteroatoms. The maximum atomic E-state index is 4.42. The first kappa shape index (κ1) is 13.2. The number of halogens is 1. The highest BCUT2D eigenvalue weighted by atomic mass is 79.9.